The van der Waals surface area contributed by atoms with Gasteiger partial charge >= 0.3 is 5.97 Å². The molecule has 21 heavy (non-hydrogen) atoms. The molecule has 0 saturated carbocycles. The highest BCUT2D eigenvalue weighted by Crippen LogP contribution is 2.23. The summed E-state index contributed by atoms with van der Waals surface area (Å²) in [6, 6.07) is 3.11. The zero-order chi connectivity index (χ0) is 15.2. The molecule has 1 fully saturated rings. The van der Waals surface area contributed by atoms with E-state index in [0.717, 1.165) is 50.9 Å². The molecular formula is C16H22N2O3. The Kier molecular flexibility index (Phi) is 5.31. The van der Waals surface area contributed by atoms with Crippen LogP contribution in [0.25, 0.3) is 0 Å². The predicted octanol–water partition coefficient (Wildman–Crippen LogP) is 2.36. The van der Waals surface area contributed by atoms with E-state index in [9.17, 15) is 9.59 Å². The number of rotatable bonds is 6. The van der Waals surface area contributed by atoms with E-state index in [1.807, 2.05) is 11.8 Å². The molecule has 1 aromatic rings. The highest BCUT2D eigenvalue weighted by atomic mass is 16.4. The number of hydrogen-bond donors (Lipinski definition) is 1. The number of likely N-dealkylation sites (tertiary alicyclic amines) is 1. The molecule has 0 unspecified atom stereocenters. The number of carboxylic acids is 1. The summed E-state index contributed by atoms with van der Waals surface area (Å²) in [7, 11) is 0. The molecule has 1 amide bonds. The molecule has 5 nitrogen and oxygen atoms in total. The van der Waals surface area contributed by atoms with E-state index in [0.29, 0.717) is 0 Å². The number of carboxylic acid groups (broad SMARTS) is 1. The monoisotopic (exact) mass is 290 g/mol. The van der Waals surface area contributed by atoms with E-state index >= 15 is 0 Å². The molecule has 114 valence electrons. The van der Waals surface area contributed by atoms with Gasteiger partial charge in [-0.2, -0.15) is 0 Å². The molecular weight excluding hydrogens is 268 g/mol. The quantitative estimate of drug-likeness (QED) is 0.873. The Morgan fingerprint density at radius 2 is 2.33 bits per heavy atom. The number of amides is 1. The summed E-state index contributed by atoms with van der Waals surface area (Å²) >= 11 is 0. The van der Waals surface area contributed by atoms with Crippen molar-refractivity contribution in [3.63, 3.8) is 0 Å². The second-order valence-corrected chi connectivity index (χ2v) is 5.49. The van der Waals surface area contributed by atoms with Crippen LogP contribution in [0.3, 0.4) is 0 Å². The van der Waals surface area contributed by atoms with Gasteiger partial charge in [0.25, 0.3) is 0 Å². The summed E-state index contributed by atoms with van der Waals surface area (Å²) in [4.78, 5) is 29.2. The summed E-state index contributed by atoms with van der Waals surface area (Å²) < 4.78 is 0. The van der Waals surface area contributed by atoms with Gasteiger partial charge < -0.3 is 10.0 Å². The summed E-state index contributed by atoms with van der Waals surface area (Å²) in [6.45, 7) is 3.69. The lowest BCUT2D eigenvalue weighted by Crippen LogP contribution is -2.40. The number of piperidine rings is 1. The number of aryl methyl sites for hydroxylation is 1. The Hall–Kier alpha value is -1.91. The molecule has 0 radical (unpaired) electrons. The zero-order valence-electron chi connectivity index (χ0n) is 12.4. The topological polar surface area (TPSA) is 70.5 Å². The van der Waals surface area contributed by atoms with Gasteiger partial charge in [0, 0.05) is 30.9 Å². The highest BCUT2D eigenvalue weighted by Gasteiger charge is 2.26. The van der Waals surface area contributed by atoms with E-state index in [-0.39, 0.29) is 17.4 Å². The van der Waals surface area contributed by atoms with E-state index in [1.165, 1.54) is 12.3 Å². The highest BCUT2D eigenvalue weighted by molar-refractivity contribution is 5.87. The van der Waals surface area contributed by atoms with Crippen molar-refractivity contribution in [1.29, 1.82) is 0 Å². The summed E-state index contributed by atoms with van der Waals surface area (Å²) in [6.07, 6.45) is 6.02. The van der Waals surface area contributed by atoms with Crippen LogP contribution in [0, 0.1) is 5.92 Å². The molecule has 1 aliphatic rings. The SMILES string of the molecule is CCN1CCC[C@H](CCCc2cc(C(=O)O)ccn2)C1=O. The molecule has 2 heterocycles. The summed E-state index contributed by atoms with van der Waals surface area (Å²) in [5.41, 5.74) is 1.05. The van der Waals surface area contributed by atoms with Crippen LogP contribution in [-0.2, 0) is 11.2 Å². The minimum absolute atomic E-state index is 0.126. The molecule has 1 aliphatic heterocycles. The van der Waals surface area contributed by atoms with Gasteiger partial charge in [-0.25, -0.2) is 4.79 Å². The standard InChI is InChI=1S/C16H22N2O3/c1-2-18-10-4-6-12(15(18)19)5-3-7-14-11-13(16(20)21)8-9-17-14/h8-9,11-12H,2-7,10H2,1H3,(H,20,21)/t12-/m0/s1. The number of carbonyl (C=O) groups is 2. The first-order valence-electron chi connectivity index (χ1n) is 7.58. The molecule has 0 bridgehead atoms. The second kappa shape index (κ2) is 7.20. The van der Waals surface area contributed by atoms with Crippen molar-refractivity contribution in [2.75, 3.05) is 13.1 Å². The van der Waals surface area contributed by atoms with E-state index < -0.39 is 5.97 Å². The minimum Gasteiger partial charge on any atom is -0.478 e. The molecule has 1 N–H and O–H groups in total. The Bertz CT molecular complexity index is 516. The Labute approximate surface area is 125 Å². The van der Waals surface area contributed by atoms with Gasteiger partial charge in [-0.15, -0.1) is 0 Å². The smallest absolute Gasteiger partial charge is 0.335 e. The summed E-state index contributed by atoms with van der Waals surface area (Å²) in [5, 5.41) is 8.95. The van der Waals surface area contributed by atoms with Crippen molar-refractivity contribution in [2.45, 2.75) is 39.0 Å². The van der Waals surface area contributed by atoms with E-state index in [4.69, 9.17) is 5.11 Å². The van der Waals surface area contributed by atoms with Crippen molar-refractivity contribution in [2.24, 2.45) is 5.92 Å². The van der Waals surface area contributed by atoms with Crippen LogP contribution in [-0.4, -0.2) is 40.0 Å². The van der Waals surface area contributed by atoms with Crippen LogP contribution in [0.4, 0.5) is 0 Å². The Morgan fingerprint density at radius 1 is 1.52 bits per heavy atom. The number of aromatic carboxylic acids is 1. The Morgan fingerprint density at radius 3 is 3.05 bits per heavy atom. The summed E-state index contributed by atoms with van der Waals surface area (Å²) in [5.74, 6) is -0.531. The third kappa shape index (κ3) is 4.03. The van der Waals surface area contributed by atoms with Crippen molar-refractivity contribution in [3.05, 3.63) is 29.6 Å². The molecule has 1 aromatic heterocycles. The van der Waals surface area contributed by atoms with Crippen molar-refractivity contribution in [1.82, 2.24) is 9.88 Å². The maximum atomic E-state index is 12.2. The number of aromatic nitrogens is 1. The van der Waals surface area contributed by atoms with Crippen molar-refractivity contribution in [3.8, 4) is 0 Å². The number of nitrogens with zero attached hydrogens (tertiary/aromatic N) is 2. The van der Waals surface area contributed by atoms with Crippen LogP contribution in [0.1, 0.15) is 48.7 Å². The molecule has 5 heteroatoms. The van der Waals surface area contributed by atoms with Crippen LogP contribution in [0.15, 0.2) is 18.3 Å². The fourth-order valence-corrected chi connectivity index (χ4v) is 2.88. The molecule has 0 aromatic carbocycles. The molecule has 0 spiro atoms. The largest absolute Gasteiger partial charge is 0.478 e. The average Bonchev–Trinajstić information content (AvgIpc) is 2.49. The zero-order valence-corrected chi connectivity index (χ0v) is 12.4. The van der Waals surface area contributed by atoms with E-state index in [2.05, 4.69) is 4.98 Å². The number of hydrogen-bond acceptors (Lipinski definition) is 3. The Balaban J connectivity index is 1.85. The molecule has 2 rings (SSSR count). The first-order chi connectivity index (χ1) is 10.1. The van der Waals surface area contributed by atoms with Gasteiger partial charge in [0.2, 0.25) is 5.91 Å². The third-order valence-corrected chi connectivity index (χ3v) is 4.07. The maximum Gasteiger partial charge on any atom is 0.335 e. The fourth-order valence-electron chi connectivity index (χ4n) is 2.88. The second-order valence-electron chi connectivity index (χ2n) is 5.49. The lowest BCUT2D eigenvalue weighted by Gasteiger charge is -2.31. The lowest BCUT2D eigenvalue weighted by atomic mass is 9.91. The van der Waals surface area contributed by atoms with Gasteiger partial charge in [0.1, 0.15) is 0 Å². The predicted molar refractivity (Wildman–Crippen MR) is 79.1 cm³/mol. The average molecular weight is 290 g/mol. The lowest BCUT2D eigenvalue weighted by molar-refractivity contribution is -0.138. The van der Waals surface area contributed by atoms with Gasteiger partial charge in [-0.1, -0.05) is 0 Å². The molecule has 1 saturated heterocycles. The van der Waals surface area contributed by atoms with Crippen molar-refractivity contribution >= 4 is 11.9 Å². The first kappa shape index (κ1) is 15.5. The maximum absolute atomic E-state index is 12.2. The van der Waals surface area contributed by atoms with Gasteiger partial charge in [0.15, 0.2) is 0 Å². The third-order valence-electron chi connectivity index (χ3n) is 4.07. The molecule has 0 aliphatic carbocycles. The van der Waals surface area contributed by atoms with Crippen molar-refractivity contribution < 1.29 is 14.7 Å². The van der Waals surface area contributed by atoms with Gasteiger partial charge in [-0.3, -0.25) is 9.78 Å². The van der Waals surface area contributed by atoms with Crippen LogP contribution < -0.4 is 0 Å². The fraction of sp³-hybridized carbons (Fsp3) is 0.562. The normalized spacial score (nSPS) is 18.8. The van der Waals surface area contributed by atoms with Crippen LogP contribution >= 0.6 is 0 Å². The van der Waals surface area contributed by atoms with Gasteiger partial charge in [0.05, 0.1) is 5.56 Å². The minimum atomic E-state index is -0.931. The number of pyridine rings is 1. The molecule has 1 atom stereocenters. The van der Waals surface area contributed by atoms with E-state index in [1.54, 1.807) is 6.07 Å². The van der Waals surface area contributed by atoms with Crippen LogP contribution in [0.5, 0.6) is 0 Å². The van der Waals surface area contributed by atoms with Crippen LogP contribution in [0.2, 0.25) is 0 Å². The first-order valence-corrected chi connectivity index (χ1v) is 7.58. The van der Waals surface area contributed by atoms with Gasteiger partial charge in [-0.05, 0) is 51.2 Å². The number of carbonyl (C=O) groups excluding carboxylic acids is 1.